The molecule has 0 saturated carbocycles. The lowest BCUT2D eigenvalue weighted by Crippen LogP contribution is -2.53. The minimum atomic E-state index is -0.352. The van der Waals surface area contributed by atoms with E-state index in [9.17, 15) is 5.11 Å². The van der Waals surface area contributed by atoms with Crippen LogP contribution in [0, 0.1) is 0 Å². The van der Waals surface area contributed by atoms with Crippen LogP contribution in [0.15, 0.2) is 121 Å². The van der Waals surface area contributed by atoms with Crippen LogP contribution < -0.4 is 5.32 Å². The van der Waals surface area contributed by atoms with E-state index in [-0.39, 0.29) is 31.0 Å². The maximum atomic E-state index is 9.97. The summed E-state index contributed by atoms with van der Waals surface area (Å²) in [6.45, 7) is 4.03. The lowest BCUT2D eigenvalue weighted by atomic mass is 10.0. The zero-order chi connectivity index (χ0) is 28.8. The number of ether oxygens (including phenoxy) is 3. The fourth-order valence-electron chi connectivity index (χ4n) is 5.48. The molecule has 0 radical (unpaired) electrons. The average molecular weight is 567 g/mol. The van der Waals surface area contributed by atoms with Crippen LogP contribution in [0.5, 0.6) is 0 Å². The zero-order valence-corrected chi connectivity index (χ0v) is 24.1. The highest BCUT2D eigenvalue weighted by molar-refractivity contribution is 5.17. The predicted molar refractivity (Wildman–Crippen MR) is 166 cm³/mol. The molecule has 1 saturated heterocycles. The van der Waals surface area contributed by atoms with Crippen molar-refractivity contribution >= 4 is 0 Å². The first-order valence-electron chi connectivity index (χ1n) is 14.9. The van der Waals surface area contributed by atoms with Crippen LogP contribution in [0.3, 0.4) is 0 Å². The van der Waals surface area contributed by atoms with Gasteiger partial charge in [0.25, 0.3) is 0 Å². The van der Waals surface area contributed by atoms with Gasteiger partial charge < -0.3 is 24.6 Å². The third kappa shape index (κ3) is 9.07. The molecule has 4 aromatic carbocycles. The first-order chi connectivity index (χ1) is 20.8. The number of benzene rings is 4. The number of hydrogen-bond donors (Lipinski definition) is 2. The fourth-order valence-corrected chi connectivity index (χ4v) is 5.48. The Kier molecular flexibility index (Phi) is 11.7. The van der Waals surface area contributed by atoms with E-state index >= 15 is 0 Å². The monoisotopic (exact) mass is 566 g/mol. The highest BCUT2D eigenvalue weighted by atomic mass is 16.6. The Hall–Kier alpha value is -3.36. The molecule has 0 spiro atoms. The second kappa shape index (κ2) is 16.3. The summed E-state index contributed by atoms with van der Waals surface area (Å²) >= 11 is 0. The van der Waals surface area contributed by atoms with Gasteiger partial charge in [-0.3, -0.25) is 4.90 Å². The molecular weight excluding hydrogens is 524 g/mol. The molecule has 6 heteroatoms. The van der Waals surface area contributed by atoms with Gasteiger partial charge in [0.2, 0.25) is 0 Å². The smallest absolute Gasteiger partial charge is 0.113 e. The normalized spacial score (nSPS) is 21.2. The summed E-state index contributed by atoms with van der Waals surface area (Å²) in [7, 11) is 0. The van der Waals surface area contributed by atoms with Gasteiger partial charge in [-0.1, -0.05) is 121 Å². The van der Waals surface area contributed by atoms with E-state index in [1.54, 1.807) is 0 Å². The number of β-amino-alcohol motifs (C(OH)–C–C–N with tert-alkyl or cyclic N) is 1. The van der Waals surface area contributed by atoms with E-state index in [0.29, 0.717) is 46.0 Å². The molecule has 1 fully saturated rings. The molecule has 0 aliphatic carbocycles. The summed E-state index contributed by atoms with van der Waals surface area (Å²) in [5.74, 6) is 0. The summed E-state index contributed by atoms with van der Waals surface area (Å²) in [6, 6.07) is 41.1. The SMILES string of the molecule is OCCN1C[C@H](NCc2ccccc2)[C@@H](OCc2ccccc2)[C@H](OCc2ccccc2)[C@H](OCc2ccccc2)C1. The molecule has 0 amide bonds. The standard InChI is InChI=1S/C36H42N2O4/c39-22-21-38-24-33(37-23-29-13-5-1-6-14-29)35(41-27-31-17-9-3-10-18-31)36(42-28-32-19-11-4-12-20-32)34(25-38)40-26-30-15-7-2-8-16-30/h1-20,33-37,39H,21-28H2/t33-,34+,35+,36+/m0/s1. The Bertz CT molecular complexity index is 1180. The van der Waals surface area contributed by atoms with Crippen molar-refractivity contribution in [1.82, 2.24) is 10.2 Å². The van der Waals surface area contributed by atoms with Crippen molar-refractivity contribution in [3.05, 3.63) is 144 Å². The van der Waals surface area contributed by atoms with Gasteiger partial charge in [0, 0.05) is 32.2 Å². The third-order valence-electron chi connectivity index (χ3n) is 7.68. The van der Waals surface area contributed by atoms with E-state index in [0.717, 1.165) is 16.7 Å². The molecule has 1 heterocycles. The van der Waals surface area contributed by atoms with Crippen LogP contribution in [0.4, 0.5) is 0 Å². The number of rotatable bonds is 14. The van der Waals surface area contributed by atoms with Crippen LogP contribution in [-0.4, -0.2) is 60.6 Å². The maximum Gasteiger partial charge on any atom is 0.113 e. The molecule has 0 bridgehead atoms. The Labute approximate surface area is 249 Å². The molecule has 4 atom stereocenters. The van der Waals surface area contributed by atoms with Crippen molar-refractivity contribution in [2.75, 3.05) is 26.2 Å². The van der Waals surface area contributed by atoms with Gasteiger partial charge in [0.05, 0.1) is 32.5 Å². The highest BCUT2D eigenvalue weighted by Crippen LogP contribution is 2.25. The van der Waals surface area contributed by atoms with Gasteiger partial charge >= 0.3 is 0 Å². The summed E-state index contributed by atoms with van der Waals surface area (Å²) in [4.78, 5) is 2.27. The second-order valence-electron chi connectivity index (χ2n) is 10.8. The van der Waals surface area contributed by atoms with E-state index in [2.05, 4.69) is 70.9 Å². The summed E-state index contributed by atoms with van der Waals surface area (Å²) in [5.41, 5.74) is 4.53. The Balaban J connectivity index is 1.45. The van der Waals surface area contributed by atoms with Crippen LogP contribution in [0.25, 0.3) is 0 Å². The van der Waals surface area contributed by atoms with Gasteiger partial charge in [-0.05, 0) is 22.3 Å². The lowest BCUT2D eigenvalue weighted by Gasteiger charge is -2.35. The molecule has 1 aliphatic heterocycles. The molecular formula is C36H42N2O4. The van der Waals surface area contributed by atoms with Crippen LogP contribution in [0.2, 0.25) is 0 Å². The number of aliphatic hydroxyl groups is 1. The first-order valence-corrected chi connectivity index (χ1v) is 14.9. The number of likely N-dealkylation sites (tertiary alicyclic amines) is 1. The van der Waals surface area contributed by atoms with Gasteiger partial charge in [-0.2, -0.15) is 0 Å². The number of nitrogens with one attached hydrogen (secondary N) is 1. The van der Waals surface area contributed by atoms with Gasteiger partial charge in [0.15, 0.2) is 0 Å². The number of aliphatic hydroxyl groups excluding tert-OH is 1. The molecule has 4 aromatic rings. The quantitative estimate of drug-likeness (QED) is 0.219. The Morgan fingerprint density at radius 1 is 0.571 bits per heavy atom. The van der Waals surface area contributed by atoms with Crippen molar-refractivity contribution in [2.45, 2.75) is 50.7 Å². The van der Waals surface area contributed by atoms with Crippen LogP contribution in [-0.2, 0) is 40.6 Å². The molecule has 1 aliphatic rings. The lowest BCUT2D eigenvalue weighted by molar-refractivity contribution is -0.153. The topological polar surface area (TPSA) is 63.2 Å². The van der Waals surface area contributed by atoms with Crippen LogP contribution >= 0.6 is 0 Å². The van der Waals surface area contributed by atoms with Crippen molar-refractivity contribution < 1.29 is 19.3 Å². The third-order valence-corrected chi connectivity index (χ3v) is 7.68. The summed E-state index contributed by atoms with van der Waals surface area (Å²) < 4.78 is 20.2. The Morgan fingerprint density at radius 2 is 1.02 bits per heavy atom. The van der Waals surface area contributed by atoms with Crippen molar-refractivity contribution in [3.63, 3.8) is 0 Å². The van der Waals surface area contributed by atoms with E-state index in [4.69, 9.17) is 14.2 Å². The number of hydrogen-bond acceptors (Lipinski definition) is 6. The van der Waals surface area contributed by atoms with Crippen LogP contribution in [0.1, 0.15) is 22.3 Å². The van der Waals surface area contributed by atoms with E-state index in [1.165, 1.54) is 5.56 Å². The predicted octanol–water partition coefficient (Wildman–Crippen LogP) is 5.21. The molecule has 0 unspecified atom stereocenters. The van der Waals surface area contributed by atoms with Crippen molar-refractivity contribution in [1.29, 1.82) is 0 Å². The first kappa shape index (κ1) is 30.1. The molecule has 42 heavy (non-hydrogen) atoms. The molecule has 6 nitrogen and oxygen atoms in total. The zero-order valence-electron chi connectivity index (χ0n) is 24.1. The van der Waals surface area contributed by atoms with E-state index in [1.807, 2.05) is 60.7 Å². The molecule has 0 aromatic heterocycles. The maximum absolute atomic E-state index is 9.97. The average Bonchev–Trinajstić information content (AvgIpc) is 3.18. The Morgan fingerprint density at radius 3 is 1.52 bits per heavy atom. The fraction of sp³-hybridized carbons (Fsp3) is 0.333. The number of nitrogens with zero attached hydrogens (tertiary/aromatic N) is 1. The molecule has 5 rings (SSSR count). The van der Waals surface area contributed by atoms with Crippen molar-refractivity contribution in [2.24, 2.45) is 0 Å². The minimum absolute atomic E-state index is 0.0634. The molecule has 220 valence electrons. The highest BCUT2D eigenvalue weighted by Gasteiger charge is 2.42. The van der Waals surface area contributed by atoms with Crippen molar-refractivity contribution in [3.8, 4) is 0 Å². The minimum Gasteiger partial charge on any atom is -0.395 e. The second-order valence-corrected chi connectivity index (χ2v) is 10.8. The van der Waals surface area contributed by atoms with Gasteiger partial charge in [0.1, 0.15) is 12.2 Å². The van der Waals surface area contributed by atoms with E-state index < -0.39 is 0 Å². The summed E-state index contributed by atoms with van der Waals surface area (Å²) in [6.07, 6.45) is -0.929. The molecule has 2 N–H and O–H groups in total. The van der Waals surface area contributed by atoms with Gasteiger partial charge in [-0.25, -0.2) is 0 Å². The summed E-state index contributed by atoms with van der Waals surface area (Å²) in [5, 5.41) is 13.8. The van der Waals surface area contributed by atoms with Gasteiger partial charge in [-0.15, -0.1) is 0 Å². The largest absolute Gasteiger partial charge is 0.395 e.